The van der Waals surface area contributed by atoms with Crippen LogP contribution in [0.2, 0.25) is 0 Å². The predicted octanol–water partition coefficient (Wildman–Crippen LogP) is 5.18. The van der Waals surface area contributed by atoms with Crippen molar-refractivity contribution in [1.82, 2.24) is 14.7 Å². The fourth-order valence-corrected chi connectivity index (χ4v) is 4.24. The molecule has 2 heterocycles. The molecule has 28 heavy (non-hydrogen) atoms. The molecule has 0 spiro atoms. The molecule has 0 fully saturated rings. The van der Waals surface area contributed by atoms with E-state index in [0.29, 0.717) is 5.56 Å². The summed E-state index contributed by atoms with van der Waals surface area (Å²) in [5.41, 5.74) is 6.30. The molecule has 0 amide bonds. The standard InChI is InChI=1S/C23H17BrN4/c24-21-6-7-22-20(10-21)15-28(26-22)23-8-5-16(9-19(23)11-25)12-27-13-17-3-1-2-4-18(17)14-27/h1-10,15H,12-14H2. The van der Waals surface area contributed by atoms with E-state index in [-0.39, 0.29) is 0 Å². The first kappa shape index (κ1) is 17.2. The fourth-order valence-electron chi connectivity index (χ4n) is 3.86. The molecule has 1 aliphatic heterocycles. The molecule has 5 heteroatoms. The van der Waals surface area contributed by atoms with Gasteiger partial charge in [-0.15, -0.1) is 0 Å². The van der Waals surface area contributed by atoms with Gasteiger partial charge in [0, 0.05) is 35.7 Å². The molecule has 0 aliphatic carbocycles. The molecular formula is C23H17BrN4. The number of benzene rings is 3. The lowest BCUT2D eigenvalue weighted by Gasteiger charge is -2.15. The van der Waals surface area contributed by atoms with Crippen molar-refractivity contribution in [2.24, 2.45) is 0 Å². The summed E-state index contributed by atoms with van der Waals surface area (Å²) >= 11 is 3.49. The molecule has 136 valence electrons. The highest BCUT2D eigenvalue weighted by atomic mass is 79.9. The zero-order valence-electron chi connectivity index (χ0n) is 15.1. The third-order valence-corrected chi connectivity index (χ3v) is 5.70. The molecule has 0 saturated heterocycles. The van der Waals surface area contributed by atoms with Gasteiger partial charge in [-0.05, 0) is 47.0 Å². The Bertz CT molecular complexity index is 1210. The summed E-state index contributed by atoms with van der Waals surface area (Å²) < 4.78 is 2.81. The average molecular weight is 429 g/mol. The summed E-state index contributed by atoms with van der Waals surface area (Å²) in [6.07, 6.45) is 1.97. The first-order valence-corrected chi connectivity index (χ1v) is 9.96. The largest absolute Gasteiger partial charge is 0.291 e. The van der Waals surface area contributed by atoms with Crippen molar-refractivity contribution >= 4 is 26.8 Å². The van der Waals surface area contributed by atoms with Crippen molar-refractivity contribution in [3.8, 4) is 11.8 Å². The van der Waals surface area contributed by atoms with Crippen LogP contribution in [0.5, 0.6) is 0 Å². The quantitative estimate of drug-likeness (QED) is 0.451. The van der Waals surface area contributed by atoms with E-state index in [4.69, 9.17) is 0 Å². The van der Waals surface area contributed by atoms with Crippen molar-refractivity contribution < 1.29 is 0 Å². The maximum Gasteiger partial charge on any atom is 0.101 e. The number of nitrogens with zero attached hydrogens (tertiary/aromatic N) is 4. The smallest absolute Gasteiger partial charge is 0.101 e. The van der Waals surface area contributed by atoms with Crippen LogP contribution in [0.25, 0.3) is 16.6 Å². The molecule has 0 radical (unpaired) electrons. The SMILES string of the molecule is N#Cc1cc(CN2Cc3ccccc3C2)ccc1-n1cc2cc(Br)ccc2n1. The second-order valence-electron chi connectivity index (χ2n) is 7.15. The molecule has 4 aromatic rings. The Morgan fingerprint density at radius 3 is 2.54 bits per heavy atom. The van der Waals surface area contributed by atoms with Crippen molar-refractivity contribution in [3.63, 3.8) is 0 Å². The summed E-state index contributed by atoms with van der Waals surface area (Å²) in [6, 6.07) is 23.0. The van der Waals surface area contributed by atoms with E-state index >= 15 is 0 Å². The van der Waals surface area contributed by atoms with Crippen LogP contribution >= 0.6 is 15.9 Å². The maximum atomic E-state index is 9.71. The Hall–Kier alpha value is -2.94. The van der Waals surface area contributed by atoms with Gasteiger partial charge in [0.1, 0.15) is 6.07 Å². The molecule has 0 bridgehead atoms. The topological polar surface area (TPSA) is 44.9 Å². The molecule has 0 saturated carbocycles. The number of rotatable bonds is 3. The van der Waals surface area contributed by atoms with Crippen LogP contribution in [-0.2, 0) is 19.6 Å². The number of hydrogen-bond donors (Lipinski definition) is 0. The normalized spacial score (nSPS) is 13.6. The summed E-state index contributed by atoms with van der Waals surface area (Å²) in [5.74, 6) is 0. The van der Waals surface area contributed by atoms with Crippen LogP contribution in [-0.4, -0.2) is 14.7 Å². The van der Waals surface area contributed by atoms with Gasteiger partial charge in [0.05, 0.1) is 16.8 Å². The first-order valence-electron chi connectivity index (χ1n) is 9.17. The lowest BCUT2D eigenvalue weighted by Crippen LogP contribution is -2.15. The Balaban J connectivity index is 1.43. The lowest BCUT2D eigenvalue weighted by atomic mass is 10.1. The fraction of sp³-hybridized carbons (Fsp3) is 0.130. The molecule has 1 aromatic heterocycles. The number of fused-ring (bicyclic) bond motifs is 2. The van der Waals surface area contributed by atoms with Crippen LogP contribution in [0.4, 0.5) is 0 Å². The molecule has 1 aliphatic rings. The minimum Gasteiger partial charge on any atom is -0.291 e. The average Bonchev–Trinajstić information content (AvgIpc) is 3.30. The number of halogens is 1. The van der Waals surface area contributed by atoms with Crippen molar-refractivity contribution in [2.45, 2.75) is 19.6 Å². The van der Waals surface area contributed by atoms with Gasteiger partial charge in [-0.3, -0.25) is 4.90 Å². The van der Waals surface area contributed by atoms with Crippen LogP contribution in [0, 0.1) is 11.3 Å². The highest BCUT2D eigenvalue weighted by Gasteiger charge is 2.18. The third-order valence-electron chi connectivity index (χ3n) is 5.21. The summed E-state index contributed by atoms with van der Waals surface area (Å²) in [4.78, 5) is 2.40. The minimum atomic E-state index is 0.640. The van der Waals surface area contributed by atoms with Gasteiger partial charge in [0.25, 0.3) is 0 Å². The minimum absolute atomic E-state index is 0.640. The van der Waals surface area contributed by atoms with E-state index in [1.807, 2.05) is 36.5 Å². The molecular weight excluding hydrogens is 412 g/mol. The Morgan fingerprint density at radius 2 is 1.79 bits per heavy atom. The van der Waals surface area contributed by atoms with Crippen molar-refractivity contribution in [2.75, 3.05) is 0 Å². The van der Waals surface area contributed by atoms with Gasteiger partial charge < -0.3 is 0 Å². The molecule has 0 unspecified atom stereocenters. The number of aromatic nitrogens is 2. The predicted molar refractivity (Wildman–Crippen MR) is 113 cm³/mol. The Labute approximate surface area is 171 Å². The highest BCUT2D eigenvalue weighted by Crippen LogP contribution is 2.26. The van der Waals surface area contributed by atoms with Gasteiger partial charge in [0.15, 0.2) is 0 Å². The van der Waals surface area contributed by atoms with E-state index in [1.165, 1.54) is 11.1 Å². The Kier molecular flexibility index (Phi) is 4.23. The lowest BCUT2D eigenvalue weighted by molar-refractivity contribution is 0.275. The summed E-state index contributed by atoms with van der Waals surface area (Å²) in [7, 11) is 0. The van der Waals surface area contributed by atoms with Gasteiger partial charge in [0.2, 0.25) is 0 Å². The van der Waals surface area contributed by atoms with Gasteiger partial charge in [-0.25, -0.2) is 4.68 Å². The van der Waals surface area contributed by atoms with E-state index in [0.717, 1.165) is 46.3 Å². The highest BCUT2D eigenvalue weighted by molar-refractivity contribution is 9.10. The van der Waals surface area contributed by atoms with Gasteiger partial charge >= 0.3 is 0 Å². The Morgan fingerprint density at radius 1 is 1.00 bits per heavy atom. The zero-order valence-corrected chi connectivity index (χ0v) is 16.7. The summed E-state index contributed by atoms with van der Waals surface area (Å²) in [5, 5.41) is 15.4. The zero-order chi connectivity index (χ0) is 19.1. The van der Waals surface area contributed by atoms with Crippen LogP contribution in [0.15, 0.2) is 71.3 Å². The molecule has 5 rings (SSSR count). The molecule has 0 atom stereocenters. The van der Waals surface area contributed by atoms with Gasteiger partial charge in [-0.2, -0.15) is 10.4 Å². The van der Waals surface area contributed by atoms with Crippen molar-refractivity contribution in [1.29, 1.82) is 5.26 Å². The second-order valence-corrected chi connectivity index (χ2v) is 8.07. The third kappa shape index (κ3) is 3.11. The van der Waals surface area contributed by atoms with E-state index in [1.54, 1.807) is 4.68 Å². The van der Waals surface area contributed by atoms with Crippen LogP contribution in [0.3, 0.4) is 0 Å². The van der Waals surface area contributed by atoms with Crippen LogP contribution < -0.4 is 0 Å². The second kappa shape index (κ2) is 6.90. The monoisotopic (exact) mass is 428 g/mol. The van der Waals surface area contributed by atoms with E-state index in [9.17, 15) is 5.26 Å². The maximum absolute atomic E-state index is 9.71. The van der Waals surface area contributed by atoms with E-state index < -0.39 is 0 Å². The first-order chi connectivity index (χ1) is 13.7. The number of nitriles is 1. The summed E-state index contributed by atoms with van der Waals surface area (Å²) in [6.45, 7) is 2.75. The van der Waals surface area contributed by atoms with Crippen LogP contribution in [0.1, 0.15) is 22.3 Å². The van der Waals surface area contributed by atoms with Crippen molar-refractivity contribution in [3.05, 3.63) is 93.6 Å². The molecule has 3 aromatic carbocycles. The molecule has 4 nitrogen and oxygen atoms in total. The van der Waals surface area contributed by atoms with E-state index in [2.05, 4.69) is 62.3 Å². The molecule has 0 N–H and O–H groups in total. The number of hydrogen-bond acceptors (Lipinski definition) is 3. The van der Waals surface area contributed by atoms with Gasteiger partial charge in [-0.1, -0.05) is 46.3 Å².